The molecule has 1 fully saturated rings. The number of anilines is 1. The van der Waals surface area contributed by atoms with Gasteiger partial charge in [0.05, 0.1) is 12.0 Å². The number of nitrogens with one attached hydrogen (secondary N) is 1. The Morgan fingerprint density at radius 1 is 1.21 bits per heavy atom. The second kappa shape index (κ2) is 7.37. The molecule has 1 N–H and O–H groups in total. The van der Waals surface area contributed by atoms with Crippen LogP contribution >= 0.6 is 23.8 Å². The first-order valence-corrected chi connectivity index (χ1v) is 10.3. The molecule has 0 saturated carbocycles. The Hall–Kier alpha value is -2.11. The molecule has 0 atom stereocenters. The third-order valence-electron chi connectivity index (χ3n) is 5.72. The largest absolute Gasteiger partial charge is 0.486 e. The number of aryl methyl sites for hydroxylation is 1. The van der Waals surface area contributed by atoms with Gasteiger partial charge in [-0.1, -0.05) is 29.8 Å². The summed E-state index contributed by atoms with van der Waals surface area (Å²) in [5, 5.41) is 4.65. The number of hydrogen-bond donors (Lipinski definition) is 1. The van der Waals surface area contributed by atoms with Crippen LogP contribution in [0, 0.1) is 13.8 Å². The number of likely N-dealkylation sites (tertiary alicyclic amines) is 1. The lowest BCUT2D eigenvalue weighted by atomic mass is 9.81. The fourth-order valence-corrected chi connectivity index (χ4v) is 4.57. The Bertz CT molecular complexity index is 937. The molecule has 6 heteroatoms. The van der Waals surface area contributed by atoms with Gasteiger partial charge in [-0.2, -0.15) is 0 Å². The molecular weight excluding hydrogens is 392 g/mol. The molecule has 2 aliphatic rings. The van der Waals surface area contributed by atoms with Crippen LogP contribution in [0.3, 0.4) is 0 Å². The zero-order valence-electron chi connectivity index (χ0n) is 16.0. The van der Waals surface area contributed by atoms with Gasteiger partial charge in [0.2, 0.25) is 0 Å². The molecule has 4 rings (SSSR count). The van der Waals surface area contributed by atoms with Gasteiger partial charge in [-0.3, -0.25) is 4.79 Å². The van der Waals surface area contributed by atoms with Gasteiger partial charge < -0.3 is 15.0 Å². The van der Waals surface area contributed by atoms with E-state index in [2.05, 4.69) is 10.2 Å². The number of thiocarbonyl (C=S) groups is 1. The number of rotatable bonds is 1. The highest BCUT2D eigenvalue weighted by molar-refractivity contribution is 7.80. The Balaban J connectivity index is 1.47. The van der Waals surface area contributed by atoms with Crippen molar-refractivity contribution in [3.8, 4) is 5.75 Å². The molecule has 2 heterocycles. The molecule has 0 unspecified atom stereocenters. The number of fused-ring (bicyclic) bond motifs is 1. The second-order valence-corrected chi connectivity index (χ2v) is 8.44. The van der Waals surface area contributed by atoms with E-state index in [0.29, 0.717) is 27.9 Å². The number of ether oxygens (including phenoxy) is 1. The van der Waals surface area contributed by atoms with E-state index in [9.17, 15) is 4.79 Å². The first-order chi connectivity index (χ1) is 13.4. The van der Waals surface area contributed by atoms with Crippen LogP contribution in [0.5, 0.6) is 5.75 Å². The highest BCUT2D eigenvalue weighted by Crippen LogP contribution is 2.43. The van der Waals surface area contributed by atoms with E-state index in [0.717, 1.165) is 42.7 Å². The normalized spacial score (nSPS) is 17.8. The van der Waals surface area contributed by atoms with Crippen LogP contribution in [0.15, 0.2) is 36.4 Å². The number of ketones is 1. The number of carbonyl (C=O) groups is 1. The Morgan fingerprint density at radius 3 is 2.57 bits per heavy atom. The van der Waals surface area contributed by atoms with Crippen molar-refractivity contribution in [3.63, 3.8) is 0 Å². The number of carbonyl (C=O) groups excluding carboxylic acids is 1. The smallest absolute Gasteiger partial charge is 0.173 e. The summed E-state index contributed by atoms with van der Waals surface area (Å²) in [4.78, 5) is 15.1. The maximum atomic E-state index is 12.9. The van der Waals surface area contributed by atoms with Crippen molar-refractivity contribution in [1.29, 1.82) is 0 Å². The average Bonchev–Trinajstić information content (AvgIpc) is 2.67. The van der Waals surface area contributed by atoms with Crippen LogP contribution in [0.2, 0.25) is 5.02 Å². The summed E-state index contributed by atoms with van der Waals surface area (Å²) < 4.78 is 6.42. The van der Waals surface area contributed by atoms with Crippen LogP contribution in [0.4, 0.5) is 5.69 Å². The molecule has 0 bridgehead atoms. The quantitative estimate of drug-likeness (QED) is 0.653. The van der Waals surface area contributed by atoms with Crippen molar-refractivity contribution >= 4 is 40.4 Å². The van der Waals surface area contributed by atoms with E-state index >= 15 is 0 Å². The minimum Gasteiger partial charge on any atom is -0.486 e. The van der Waals surface area contributed by atoms with Crippen LogP contribution in [-0.2, 0) is 0 Å². The van der Waals surface area contributed by atoms with Crippen molar-refractivity contribution in [1.82, 2.24) is 4.90 Å². The summed E-state index contributed by atoms with van der Waals surface area (Å²) in [6, 6.07) is 11.8. The van der Waals surface area contributed by atoms with Crippen LogP contribution in [0.1, 0.15) is 40.7 Å². The zero-order chi connectivity index (χ0) is 19.9. The summed E-state index contributed by atoms with van der Waals surface area (Å²) in [6.45, 7) is 5.35. The minimum atomic E-state index is -0.449. The minimum absolute atomic E-state index is 0.124. The number of halogens is 1. The van der Waals surface area contributed by atoms with Gasteiger partial charge in [-0.05, 0) is 55.4 Å². The molecule has 1 saturated heterocycles. The van der Waals surface area contributed by atoms with Gasteiger partial charge in [-0.25, -0.2) is 0 Å². The number of nitrogens with zero attached hydrogens (tertiary/aromatic N) is 1. The standard InChI is InChI=1S/C22H23ClN2O2S/c1-14-12-18-19(15(2)20(14)23)17(26)13-22(27-18)8-10-25(11-9-22)21(28)24-16-6-4-3-5-7-16/h3-7,12H,8-11,13H2,1-2H3,(H,24,28). The van der Waals surface area contributed by atoms with Crippen molar-refractivity contribution in [2.45, 2.75) is 38.7 Å². The van der Waals surface area contributed by atoms with Crippen molar-refractivity contribution in [2.75, 3.05) is 18.4 Å². The molecule has 0 amide bonds. The molecule has 4 nitrogen and oxygen atoms in total. The Morgan fingerprint density at radius 2 is 1.89 bits per heavy atom. The average molecular weight is 415 g/mol. The maximum absolute atomic E-state index is 12.9. The highest BCUT2D eigenvalue weighted by Gasteiger charge is 2.44. The molecule has 2 aromatic carbocycles. The van der Waals surface area contributed by atoms with E-state index in [1.54, 1.807) is 0 Å². The number of piperidine rings is 1. The van der Waals surface area contributed by atoms with E-state index in [4.69, 9.17) is 28.6 Å². The van der Waals surface area contributed by atoms with Crippen molar-refractivity contribution in [2.24, 2.45) is 0 Å². The van der Waals surface area contributed by atoms with Crippen molar-refractivity contribution in [3.05, 3.63) is 58.1 Å². The van der Waals surface area contributed by atoms with Gasteiger partial charge in [-0.15, -0.1) is 0 Å². The number of Topliss-reactive ketones (excluding diaryl/α,β-unsaturated/α-hetero) is 1. The van der Waals surface area contributed by atoms with Gasteiger partial charge in [0.25, 0.3) is 0 Å². The lowest BCUT2D eigenvalue weighted by molar-refractivity contribution is 0.00394. The molecule has 146 valence electrons. The summed E-state index contributed by atoms with van der Waals surface area (Å²) in [7, 11) is 0. The van der Waals surface area contributed by atoms with Gasteiger partial charge in [0, 0.05) is 36.6 Å². The molecule has 0 aliphatic carbocycles. The second-order valence-electron chi connectivity index (χ2n) is 7.67. The lowest BCUT2D eigenvalue weighted by Crippen LogP contribution is -2.53. The van der Waals surface area contributed by atoms with Crippen LogP contribution in [-0.4, -0.2) is 34.5 Å². The molecular formula is C22H23ClN2O2S. The number of hydrogen-bond acceptors (Lipinski definition) is 3. The predicted octanol–water partition coefficient (Wildman–Crippen LogP) is 5.15. The highest BCUT2D eigenvalue weighted by atomic mass is 35.5. The topological polar surface area (TPSA) is 41.6 Å². The van der Waals surface area contributed by atoms with Crippen molar-refractivity contribution < 1.29 is 9.53 Å². The number of benzene rings is 2. The summed E-state index contributed by atoms with van der Waals surface area (Å²) in [6.07, 6.45) is 1.91. The molecule has 2 aromatic rings. The number of para-hydroxylation sites is 1. The first-order valence-electron chi connectivity index (χ1n) is 9.51. The molecule has 1 spiro atoms. The van der Waals surface area contributed by atoms with Crippen LogP contribution in [0.25, 0.3) is 0 Å². The van der Waals surface area contributed by atoms with Gasteiger partial charge in [0.1, 0.15) is 11.4 Å². The SMILES string of the molecule is Cc1cc2c(c(C)c1Cl)C(=O)CC1(CCN(C(=S)Nc3ccccc3)CC1)O2. The molecule has 2 aliphatic heterocycles. The summed E-state index contributed by atoms with van der Waals surface area (Å²) in [5.74, 6) is 0.799. The van der Waals surface area contributed by atoms with Gasteiger partial charge in [0.15, 0.2) is 10.9 Å². The van der Waals surface area contributed by atoms with Gasteiger partial charge >= 0.3 is 0 Å². The molecule has 28 heavy (non-hydrogen) atoms. The predicted molar refractivity (Wildman–Crippen MR) is 117 cm³/mol. The zero-order valence-corrected chi connectivity index (χ0v) is 17.6. The first kappa shape index (κ1) is 19.2. The Labute approximate surface area is 175 Å². The van der Waals surface area contributed by atoms with Crippen LogP contribution < -0.4 is 10.1 Å². The Kier molecular flexibility index (Phi) is 5.06. The van der Waals surface area contributed by atoms with E-state index in [1.165, 1.54) is 0 Å². The lowest BCUT2D eigenvalue weighted by Gasteiger charge is -2.45. The van der Waals surface area contributed by atoms with E-state index in [-0.39, 0.29) is 5.78 Å². The third kappa shape index (κ3) is 3.49. The maximum Gasteiger partial charge on any atom is 0.173 e. The molecule has 0 radical (unpaired) electrons. The summed E-state index contributed by atoms with van der Waals surface area (Å²) in [5.41, 5.74) is 2.93. The third-order valence-corrected chi connectivity index (χ3v) is 6.66. The summed E-state index contributed by atoms with van der Waals surface area (Å²) >= 11 is 11.9. The monoisotopic (exact) mass is 414 g/mol. The van der Waals surface area contributed by atoms with E-state index in [1.807, 2.05) is 50.2 Å². The van der Waals surface area contributed by atoms with E-state index < -0.39 is 5.60 Å². The molecule has 0 aromatic heterocycles. The fraction of sp³-hybridized carbons (Fsp3) is 0.364. The fourth-order valence-electron chi connectivity index (χ4n) is 4.12.